The number of rotatable bonds is 3. The molecule has 0 unspecified atom stereocenters. The molecule has 0 atom stereocenters. The van der Waals surface area contributed by atoms with Crippen LogP contribution < -0.4 is 57.0 Å². The summed E-state index contributed by atoms with van der Waals surface area (Å²) >= 11 is 0. The van der Waals surface area contributed by atoms with Crippen molar-refractivity contribution >= 4 is 18.5 Å². The van der Waals surface area contributed by atoms with Gasteiger partial charge in [0.15, 0.2) is 5.69 Å². The van der Waals surface area contributed by atoms with E-state index in [1.54, 1.807) is 12.0 Å². The second-order valence-corrected chi connectivity index (χ2v) is 2.50. The van der Waals surface area contributed by atoms with Gasteiger partial charge in [-0.25, -0.2) is 4.79 Å². The molecule has 4 nitrogen and oxygen atoms in total. The maximum atomic E-state index is 12.1. The number of hydrogen-bond donors (Lipinski definition) is 1. The number of aromatic nitrogens is 2. The number of ether oxygens (including phenoxy) is 1. The summed E-state index contributed by atoms with van der Waals surface area (Å²) in [7, 11) is 0. The van der Waals surface area contributed by atoms with Gasteiger partial charge in [-0.1, -0.05) is 0 Å². The number of carbonyl (C=O) groups is 1. The van der Waals surface area contributed by atoms with Crippen molar-refractivity contribution in [3.8, 4) is 0 Å². The molecule has 0 amide bonds. The summed E-state index contributed by atoms with van der Waals surface area (Å²) in [4.78, 5) is 10.9. The molecule has 0 spiro atoms. The molecule has 0 saturated carbocycles. The molecule has 1 heterocycles. The van der Waals surface area contributed by atoms with Crippen LogP contribution in [-0.2, 0) is 4.74 Å². The predicted octanol–water partition coefficient (Wildman–Crippen LogP) is -2.36. The van der Waals surface area contributed by atoms with E-state index in [0.29, 0.717) is 6.07 Å². The summed E-state index contributed by atoms with van der Waals surface area (Å²) in [5.41, 5.74) is -1.37. The van der Waals surface area contributed by atoms with E-state index in [2.05, 4.69) is 9.84 Å². The molecule has 9 heteroatoms. The van der Waals surface area contributed by atoms with Crippen LogP contribution in [-0.4, -0.2) is 29.8 Å². The van der Waals surface area contributed by atoms with Gasteiger partial charge in [0.25, 0.3) is 0 Å². The second kappa shape index (κ2) is 6.04. The van der Waals surface area contributed by atoms with E-state index in [-0.39, 0.29) is 63.7 Å². The van der Waals surface area contributed by atoms with Crippen molar-refractivity contribution in [2.75, 3.05) is 6.61 Å². The number of esters is 1. The molecular weight excluding hydrogens is 239 g/mol. The van der Waals surface area contributed by atoms with Gasteiger partial charge in [0.1, 0.15) is 0 Å². The monoisotopic (exact) mass is 246 g/mol. The van der Waals surface area contributed by atoms with Crippen LogP contribution >= 0.6 is 0 Å². The molecular formula is C6H7BF3KN2O2. The zero-order valence-electron chi connectivity index (χ0n) is 8.26. The van der Waals surface area contributed by atoms with Gasteiger partial charge in [0.2, 0.25) is 0 Å². The van der Waals surface area contributed by atoms with Crippen LogP contribution in [0.5, 0.6) is 0 Å². The van der Waals surface area contributed by atoms with Crippen molar-refractivity contribution in [3.63, 3.8) is 0 Å². The standard InChI is InChI=1S/C6H7BF3N2O2.K/c1-2-14-6(13)4-3-5(12-11-4)7(8,9)10;/h3H,2H2,1H3,(H,11,12);/q-1;+1. The van der Waals surface area contributed by atoms with Gasteiger partial charge in [-0.2, -0.15) is 5.10 Å². The quantitative estimate of drug-likeness (QED) is 0.479. The van der Waals surface area contributed by atoms with E-state index < -0.39 is 18.5 Å². The molecule has 0 aliphatic rings. The van der Waals surface area contributed by atoms with E-state index in [9.17, 15) is 17.7 Å². The molecule has 0 saturated heterocycles. The fraction of sp³-hybridized carbons (Fsp3) is 0.333. The first-order chi connectivity index (χ1) is 6.45. The topological polar surface area (TPSA) is 55.0 Å². The fourth-order valence-electron chi connectivity index (χ4n) is 0.814. The first-order valence-corrected chi connectivity index (χ1v) is 3.87. The van der Waals surface area contributed by atoms with Crippen molar-refractivity contribution < 1.29 is 73.9 Å². The Bertz CT molecular complexity index is 341. The van der Waals surface area contributed by atoms with Gasteiger partial charge in [-0.15, -0.1) is 0 Å². The molecule has 0 aliphatic heterocycles. The summed E-state index contributed by atoms with van der Waals surface area (Å²) < 4.78 is 40.7. The number of H-pyrrole nitrogens is 1. The molecule has 0 radical (unpaired) electrons. The van der Waals surface area contributed by atoms with E-state index in [1.807, 2.05) is 0 Å². The Labute approximate surface area is 126 Å². The summed E-state index contributed by atoms with van der Waals surface area (Å²) in [5, 5.41) is 4.93. The zero-order valence-corrected chi connectivity index (χ0v) is 11.4. The Morgan fingerprint density at radius 1 is 1.60 bits per heavy atom. The largest absolute Gasteiger partial charge is 1.00 e. The molecule has 0 bridgehead atoms. The Morgan fingerprint density at radius 3 is 2.60 bits per heavy atom. The SMILES string of the molecule is CCOC(=O)c1cc([B-](F)(F)F)[nH]n1.[K+]. The summed E-state index contributed by atoms with van der Waals surface area (Å²) in [6.07, 6.45) is 0. The molecule has 15 heavy (non-hydrogen) atoms. The van der Waals surface area contributed by atoms with Crippen LogP contribution in [0.25, 0.3) is 0 Å². The van der Waals surface area contributed by atoms with Crippen molar-refractivity contribution in [1.82, 2.24) is 10.2 Å². The van der Waals surface area contributed by atoms with E-state index >= 15 is 0 Å². The molecule has 78 valence electrons. The van der Waals surface area contributed by atoms with E-state index in [4.69, 9.17) is 0 Å². The number of hydrogen-bond acceptors (Lipinski definition) is 3. The predicted molar refractivity (Wildman–Crippen MR) is 43.3 cm³/mol. The zero-order chi connectivity index (χ0) is 10.8. The van der Waals surface area contributed by atoms with Gasteiger partial charge >= 0.3 is 64.3 Å². The van der Waals surface area contributed by atoms with Crippen molar-refractivity contribution in [3.05, 3.63) is 11.8 Å². The van der Waals surface area contributed by atoms with E-state index in [0.717, 1.165) is 0 Å². The fourth-order valence-corrected chi connectivity index (χ4v) is 0.814. The summed E-state index contributed by atoms with van der Waals surface area (Å²) in [6.45, 7) is -3.50. The van der Waals surface area contributed by atoms with E-state index in [1.165, 1.54) is 0 Å². The number of halogens is 3. The molecule has 0 aromatic carbocycles. The van der Waals surface area contributed by atoms with Gasteiger partial charge in [0.05, 0.1) is 6.61 Å². The van der Waals surface area contributed by atoms with Gasteiger partial charge in [0, 0.05) is 0 Å². The number of nitrogens with zero attached hydrogens (tertiary/aromatic N) is 1. The van der Waals surface area contributed by atoms with Gasteiger partial charge in [-0.05, 0) is 18.6 Å². The second-order valence-electron chi connectivity index (χ2n) is 2.50. The minimum absolute atomic E-state index is 0. The number of carbonyl (C=O) groups excluding carboxylic acids is 1. The van der Waals surface area contributed by atoms with Crippen LogP contribution in [0.3, 0.4) is 0 Å². The van der Waals surface area contributed by atoms with Crippen molar-refractivity contribution in [2.24, 2.45) is 0 Å². The maximum absolute atomic E-state index is 12.1. The maximum Gasteiger partial charge on any atom is 1.00 e. The number of aromatic amines is 1. The van der Waals surface area contributed by atoms with Crippen LogP contribution in [0.1, 0.15) is 17.4 Å². The molecule has 1 rings (SSSR count). The van der Waals surface area contributed by atoms with Crippen LogP contribution in [0, 0.1) is 0 Å². The average Bonchev–Trinajstić information content (AvgIpc) is 2.51. The Hall–Kier alpha value is 0.171. The third-order valence-electron chi connectivity index (χ3n) is 1.43. The first-order valence-electron chi connectivity index (χ1n) is 3.87. The molecule has 0 fully saturated rings. The molecule has 1 aromatic heterocycles. The normalized spacial score (nSPS) is 10.7. The Kier molecular flexibility index (Phi) is 6.11. The van der Waals surface area contributed by atoms with Crippen LogP contribution in [0.2, 0.25) is 0 Å². The Balaban J connectivity index is 0.00000196. The van der Waals surface area contributed by atoms with Gasteiger partial charge < -0.3 is 22.8 Å². The van der Waals surface area contributed by atoms with Crippen LogP contribution in [0.4, 0.5) is 12.9 Å². The van der Waals surface area contributed by atoms with Crippen molar-refractivity contribution in [1.29, 1.82) is 0 Å². The first kappa shape index (κ1) is 15.2. The third-order valence-corrected chi connectivity index (χ3v) is 1.43. The van der Waals surface area contributed by atoms with Crippen molar-refractivity contribution in [2.45, 2.75) is 6.92 Å². The summed E-state index contributed by atoms with van der Waals surface area (Å²) in [6, 6.07) is 0.637. The van der Waals surface area contributed by atoms with Gasteiger partial charge in [-0.3, -0.25) is 0 Å². The van der Waals surface area contributed by atoms with Crippen LogP contribution in [0.15, 0.2) is 6.07 Å². The Morgan fingerprint density at radius 2 is 2.20 bits per heavy atom. The minimum atomic E-state index is -5.15. The molecule has 0 aliphatic carbocycles. The third kappa shape index (κ3) is 4.27. The summed E-state index contributed by atoms with van der Waals surface area (Å²) in [5.74, 6) is -0.866. The smallest absolute Gasteiger partial charge is 0.461 e. The molecule has 1 N–H and O–H groups in total. The molecule has 1 aromatic rings. The number of nitrogens with one attached hydrogen (secondary N) is 1. The minimum Gasteiger partial charge on any atom is -0.461 e. The average molecular weight is 246 g/mol.